The molecule has 0 radical (unpaired) electrons. The van der Waals surface area contributed by atoms with Crippen molar-refractivity contribution in [2.75, 3.05) is 6.61 Å². The largest absolute Gasteiger partial charge is 0.466 e. The molecule has 0 aliphatic carbocycles. The maximum absolute atomic E-state index is 11.6. The number of carbonyl (C=O) groups excluding carboxylic acids is 2. The number of halogens is 1. The van der Waals surface area contributed by atoms with E-state index < -0.39 is 11.9 Å². The van der Waals surface area contributed by atoms with Crippen LogP contribution in [0.2, 0.25) is 0 Å². The highest BCUT2D eigenvalue weighted by Gasteiger charge is 2.18. The van der Waals surface area contributed by atoms with Crippen LogP contribution in [0.4, 0.5) is 0 Å². The Hall–Kier alpha value is -1.80. The van der Waals surface area contributed by atoms with E-state index in [1.54, 1.807) is 13.8 Å². The number of hydrogen-bond donors (Lipinski definition) is 1. The molecule has 1 N–H and O–H groups in total. The second-order valence-electron chi connectivity index (χ2n) is 3.97. The second kappa shape index (κ2) is 8.39. The molecular weight excluding hydrogens is 322 g/mol. The third kappa shape index (κ3) is 5.45. The average molecular weight is 338 g/mol. The number of esters is 1. The lowest BCUT2D eigenvalue weighted by Crippen LogP contribution is -2.29. The van der Waals surface area contributed by atoms with Gasteiger partial charge < -0.3 is 10.1 Å². The first-order valence-corrected chi connectivity index (χ1v) is 7.00. The molecule has 1 amide bonds. The molecule has 20 heavy (non-hydrogen) atoms. The van der Waals surface area contributed by atoms with Gasteiger partial charge in [-0.15, -0.1) is 0 Å². The van der Waals surface area contributed by atoms with Crippen LogP contribution in [-0.2, 0) is 14.3 Å². The molecule has 0 aromatic heterocycles. The highest BCUT2D eigenvalue weighted by atomic mass is 79.9. The Morgan fingerprint density at radius 1 is 1.45 bits per heavy atom. The first-order chi connectivity index (χ1) is 9.56. The molecule has 1 rings (SSSR count). The van der Waals surface area contributed by atoms with Crippen molar-refractivity contribution < 1.29 is 14.3 Å². The average Bonchev–Trinajstić information content (AvgIpc) is 2.38. The fourth-order valence-electron chi connectivity index (χ4n) is 1.67. The van der Waals surface area contributed by atoms with Crippen LogP contribution in [-0.4, -0.2) is 18.5 Å². The van der Waals surface area contributed by atoms with Crippen molar-refractivity contribution >= 4 is 27.8 Å². The predicted octanol–water partition coefficient (Wildman–Crippen LogP) is 2.58. The van der Waals surface area contributed by atoms with Crippen LogP contribution in [0.15, 0.2) is 28.7 Å². The van der Waals surface area contributed by atoms with E-state index in [2.05, 4.69) is 33.1 Å². The minimum Gasteiger partial charge on any atom is -0.466 e. The van der Waals surface area contributed by atoms with Crippen molar-refractivity contribution in [3.05, 3.63) is 34.3 Å². The molecule has 4 nitrogen and oxygen atoms in total. The Balaban J connectivity index is 2.90. The maximum Gasteiger partial charge on any atom is 0.308 e. The van der Waals surface area contributed by atoms with Gasteiger partial charge in [-0.05, 0) is 37.5 Å². The van der Waals surface area contributed by atoms with Gasteiger partial charge in [0.05, 0.1) is 19.1 Å². The number of benzene rings is 1. The summed E-state index contributed by atoms with van der Waals surface area (Å²) >= 11 is 3.37. The molecule has 0 spiro atoms. The van der Waals surface area contributed by atoms with Crippen molar-refractivity contribution in [1.82, 2.24) is 5.32 Å². The van der Waals surface area contributed by atoms with E-state index in [1.165, 1.54) is 0 Å². The quantitative estimate of drug-likeness (QED) is 0.663. The van der Waals surface area contributed by atoms with Gasteiger partial charge in [-0.25, -0.2) is 0 Å². The lowest BCUT2D eigenvalue weighted by atomic mass is 10.0. The molecule has 0 saturated carbocycles. The van der Waals surface area contributed by atoms with Crippen molar-refractivity contribution in [2.45, 2.75) is 26.3 Å². The fourth-order valence-corrected chi connectivity index (χ4v) is 2.09. The van der Waals surface area contributed by atoms with Gasteiger partial charge in [-0.3, -0.25) is 9.59 Å². The van der Waals surface area contributed by atoms with Gasteiger partial charge in [0.15, 0.2) is 0 Å². The predicted molar refractivity (Wildman–Crippen MR) is 79.7 cm³/mol. The van der Waals surface area contributed by atoms with Crippen LogP contribution >= 0.6 is 15.9 Å². The van der Waals surface area contributed by atoms with Gasteiger partial charge in [0.2, 0.25) is 0 Å². The highest BCUT2D eigenvalue weighted by Crippen LogP contribution is 2.21. The maximum atomic E-state index is 11.6. The Kier molecular flexibility index (Phi) is 6.82. The van der Waals surface area contributed by atoms with Crippen molar-refractivity contribution in [1.29, 1.82) is 0 Å². The van der Waals surface area contributed by atoms with E-state index >= 15 is 0 Å². The summed E-state index contributed by atoms with van der Waals surface area (Å²) in [6.07, 6.45) is 0.0709. The Labute approximate surface area is 127 Å². The zero-order valence-corrected chi connectivity index (χ0v) is 13.0. The van der Waals surface area contributed by atoms with E-state index in [9.17, 15) is 9.59 Å². The SMILES string of the molecule is CC#CC(=O)N[C@H](CC(=O)OCC)c1cccc(Br)c1. The fraction of sp³-hybridized carbons (Fsp3) is 0.333. The van der Waals surface area contributed by atoms with Gasteiger partial charge in [-0.2, -0.15) is 0 Å². The van der Waals surface area contributed by atoms with Crippen molar-refractivity contribution in [3.63, 3.8) is 0 Å². The van der Waals surface area contributed by atoms with Crippen LogP contribution in [0, 0.1) is 11.8 Å². The van der Waals surface area contributed by atoms with Gasteiger partial charge >= 0.3 is 5.97 Å². The summed E-state index contributed by atoms with van der Waals surface area (Å²) in [4.78, 5) is 23.2. The molecule has 5 heteroatoms. The molecule has 0 bridgehead atoms. The standard InChI is InChI=1S/C15H16BrNO3/c1-3-6-14(18)17-13(10-15(19)20-4-2)11-7-5-8-12(16)9-11/h5,7-9,13H,4,10H2,1-2H3,(H,17,18)/t13-/m1/s1. The smallest absolute Gasteiger partial charge is 0.308 e. The molecule has 0 heterocycles. The summed E-state index contributed by atoms with van der Waals surface area (Å²) in [5.41, 5.74) is 0.818. The number of hydrogen-bond acceptors (Lipinski definition) is 3. The van der Waals surface area contributed by atoms with Crippen LogP contribution in [0.5, 0.6) is 0 Å². The lowest BCUT2D eigenvalue weighted by Gasteiger charge is -2.17. The topological polar surface area (TPSA) is 55.4 Å². The highest BCUT2D eigenvalue weighted by molar-refractivity contribution is 9.10. The normalized spacial score (nSPS) is 10.9. The lowest BCUT2D eigenvalue weighted by molar-refractivity contribution is -0.143. The molecule has 1 atom stereocenters. The minimum atomic E-state index is -0.458. The van der Waals surface area contributed by atoms with E-state index in [4.69, 9.17) is 4.74 Å². The molecular formula is C15H16BrNO3. The summed E-state index contributed by atoms with van der Waals surface area (Å²) in [7, 11) is 0. The third-order valence-electron chi connectivity index (χ3n) is 2.47. The Bertz CT molecular complexity index is 546. The van der Waals surface area contributed by atoms with Gasteiger partial charge in [0, 0.05) is 4.47 Å². The number of amides is 1. The molecule has 0 aliphatic heterocycles. The molecule has 1 aromatic carbocycles. The number of nitrogens with one attached hydrogen (secondary N) is 1. The molecule has 0 fully saturated rings. The Morgan fingerprint density at radius 2 is 2.20 bits per heavy atom. The van der Waals surface area contributed by atoms with Crippen molar-refractivity contribution in [2.24, 2.45) is 0 Å². The summed E-state index contributed by atoms with van der Waals surface area (Å²) < 4.78 is 5.80. The molecule has 106 valence electrons. The van der Waals surface area contributed by atoms with Gasteiger partial charge in [-0.1, -0.05) is 34.0 Å². The summed E-state index contributed by atoms with van der Waals surface area (Å²) in [5, 5.41) is 2.72. The monoisotopic (exact) mass is 337 g/mol. The minimum absolute atomic E-state index is 0.0709. The van der Waals surface area contributed by atoms with E-state index in [-0.39, 0.29) is 12.4 Å². The number of ether oxygens (including phenoxy) is 1. The van der Waals surface area contributed by atoms with Gasteiger partial charge in [0.25, 0.3) is 5.91 Å². The molecule has 0 unspecified atom stereocenters. The van der Waals surface area contributed by atoms with Crippen LogP contribution < -0.4 is 5.32 Å². The van der Waals surface area contributed by atoms with E-state index in [1.807, 2.05) is 24.3 Å². The second-order valence-corrected chi connectivity index (χ2v) is 4.88. The first kappa shape index (κ1) is 16.3. The van der Waals surface area contributed by atoms with E-state index in [0.29, 0.717) is 6.61 Å². The van der Waals surface area contributed by atoms with E-state index in [0.717, 1.165) is 10.0 Å². The van der Waals surface area contributed by atoms with Crippen LogP contribution in [0.1, 0.15) is 31.9 Å². The molecule has 0 aliphatic rings. The molecule has 1 aromatic rings. The summed E-state index contributed by atoms with van der Waals surface area (Å²) in [5.74, 6) is 4.15. The number of carbonyl (C=O) groups is 2. The van der Waals surface area contributed by atoms with Crippen molar-refractivity contribution in [3.8, 4) is 11.8 Å². The van der Waals surface area contributed by atoms with Crippen LogP contribution in [0.3, 0.4) is 0 Å². The summed E-state index contributed by atoms with van der Waals surface area (Å²) in [6, 6.07) is 6.95. The number of rotatable bonds is 5. The van der Waals surface area contributed by atoms with Gasteiger partial charge in [0.1, 0.15) is 0 Å². The zero-order chi connectivity index (χ0) is 15.0. The third-order valence-corrected chi connectivity index (χ3v) is 2.96. The zero-order valence-electron chi connectivity index (χ0n) is 11.4. The molecule has 0 saturated heterocycles. The van der Waals surface area contributed by atoms with Crippen LogP contribution in [0.25, 0.3) is 0 Å². The first-order valence-electron chi connectivity index (χ1n) is 6.21. The summed E-state index contributed by atoms with van der Waals surface area (Å²) in [6.45, 7) is 3.64. The Morgan fingerprint density at radius 3 is 2.80 bits per heavy atom.